The number of aromatic carboxylic acids is 2. The predicted octanol–water partition coefficient (Wildman–Crippen LogP) is 17.6. The number of carboxylic acids is 5. The SMILES string of the molecule is CCCCCCCCCC/C=C/CCCCCC(=O)O.CCCCCCCCCCCCCCCCSc1ccccc1C(=O)O.COc1cccc(OC)c1/C=C(\NC(=O)c1ccccc1)C(=O)O.O=C(O)CCCNC(=O)c1ccccc1C(=O)O. The average molecular weight is 1240 g/mol. The van der Waals surface area contributed by atoms with Crippen LogP contribution in [0.15, 0.2) is 120 Å². The number of hydrogen-bond donors (Lipinski definition) is 7. The summed E-state index contributed by atoms with van der Waals surface area (Å²) in [6.45, 7) is 4.73. The number of amides is 2. The van der Waals surface area contributed by atoms with Crippen LogP contribution in [0.3, 0.4) is 0 Å². The third-order valence-corrected chi connectivity index (χ3v) is 15.2. The Morgan fingerprint density at radius 2 is 0.864 bits per heavy atom. The number of thioether (sulfide) groups is 1. The quantitative estimate of drug-likeness (QED) is 0.00940. The van der Waals surface area contributed by atoms with E-state index in [4.69, 9.17) is 24.8 Å². The van der Waals surface area contributed by atoms with Gasteiger partial charge in [-0.3, -0.25) is 19.2 Å². The van der Waals surface area contributed by atoms with Gasteiger partial charge in [-0.2, -0.15) is 0 Å². The molecule has 0 aromatic heterocycles. The number of hydrogen-bond acceptors (Lipinski definition) is 10. The molecule has 4 aromatic rings. The molecule has 2 amide bonds. The number of aliphatic carboxylic acids is 3. The second-order valence-electron chi connectivity index (χ2n) is 21.3. The Morgan fingerprint density at radius 3 is 1.33 bits per heavy atom. The van der Waals surface area contributed by atoms with Crippen LogP contribution >= 0.6 is 11.8 Å². The number of unbranched alkanes of at least 4 members (excludes halogenated alkanes) is 24. The van der Waals surface area contributed by atoms with Gasteiger partial charge in [0, 0.05) is 29.8 Å². The lowest BCUT2D eigenvalue weighted by atomic mass is 10.0. The second kappa shape index (κ2) is 52.7. The lowest BCUT2D eigenvalue weighted by Crippen LogP contribution is -2.27. The summed E-state index contributed by atoms with van der Waals surface area (Å²) in [6, 6.07) is 26.6. The van der Waals surface area contributed by atoms with Crippen molar-refractivity contribution in [1.82, 2.24) is 10.6 Å². The van der Waals surface area contributed by atoms with Gasteiger partial charge in [0.05, 0.1) is 36.5 Å². The molecule has 16 nitrogen and oxygen atoms in total. The smallest absolute Gasteiger partial charge is 0.352 e. The normalized spacial score (nSPS) is 10.8. The first-order valence-corrected chi connectivity index (χ1v) is 32.8. The lowest BCUT2D eigenvalue weighted by Gasteiger charge is -2.12. The van der Waals surface area contributed by atoms with Crippen LogP contribution in [-0.2, 0) is 14.4 Å². The molecule has 0 fully saturated rings. The van der Waals surface area contributed by atoms with Gasteiger partial charge in [-0.1, -0.05) is 209 Å². The molecule has 4 rings (SSSR count). The Labute approximate surface area is 528 Å². The molecule has 0 aliphatic carbocycles. The minimum atomic E-state index is -1.27. The molecule has 0 atom stereocenters. The van der Waals surface area contributed by atoms with Crippen molar-refractivity contribution in [3.05, 3.63) is 143 Å². The van der Waals surface area contributed by atoms with Gasteiger partial charge in [0.2, 0.25) is 0 Å². The number of ether oxygens (including phenoxy) is 2. The van der Waals surface area contributed by atoms with Crippen molar-refractivity contribution in [2.75, 3.05) is 26.5 Å². The summed E-state index contributed by atoms with van der Waals surface area (Å²) in [5.41, 5.74) is 0.924. The van der Waals surface area contributed by atoms with Gasteiger partial charge in [0.15, 0.2) is 0 Å². The Balaban J connectivity index is 0.000000592. The molecule has 0 bridgehead atoms. The fourth-order valence-corrected chi connectivity index (χ4v) is 10.2. The summed E-state index contributed by atoms with van der Waals surface area (Å²) in [5.74, 6) is -4.03. The van der Waals surface area contributed by atoms with Gasteiger partial charge in [-0.15, -0.1) is 11.8 Å². The van der Waals surface area contributed by atoms with Crippen molar-refractivity contribution in [3.63, 3.8) is 0 Å². The van der Waals surface area contributed by atoms with Crippen molar-refractivity contribution < 1.29 is 68.6 Å². The summed E-state index contributed by atoms with van der Waals surface area (Å²) in [7, 11) is 2.93. The van der Waals surface area contributed by atoms with Crippen LogP contribution in [0.5, 0.6) is 11.5 Å². The highest BCUT2D eigenvalue weighted by atomic mass is 32.2. The van der Waals surface area contributed by atoms with Crippen molar-refractivity contribution in [3.8, 4) is 11.5 Å². The fraction of sp³-hybridized carbons (Fsp3) is 0.507. The van der Waals surface area contributed by atoms with Crippen LogP contribution in [0.25, 0.3) is 6.08 Å². The average Bonchev–Trinajstić information content (AvgIpc) is 3.70. The largest absolute Gasteiger partial charge is 0.496 e. The highest BCUT2D eigenvalue weighted by Crippen LogP contribution is 2.30. The maximum Gasteiger partial charge on any atom is 0.352 e. The number of methoxy groups -OCH3 is 2. The van der Waals surface area contributed by atoms with Gasteiger partial charge >= 0.3 is 29.8 Å². The highest BCUT2D eigenvalue weighted by Gasteiger charge is 2.18. The molecule has 0 spiro atoms. The van der Waals surface area contributed by atoms with Crippen LogP contribution < -0.4 is 20.1 Å². The third kappa shape index (κ3) is 39.4. The monoisotopic (exact) mass is 1240 g/mol. The van der Waals surface area contributed by atoms with Crippen LogP contribution in [0.4, 0.5) is 0 Å². The maximum atomic E-state index is 12.2. The van der Waals surface area contributed by atoms with Gasteiger partial charge in [0.25, 0.3) is 11.8 Å². The molecule has 0 saturated carbocycles. The van der Waals surface area contributed by atoms with Crippen molar-refractivity contribution >= 4 is 59.5 Å². The Hall–Kier alpha value is -7.40. The molecule has 0 aliphatic rings. The molecule has 7 N–H and O–H groups in total. The zero-order valence-corrected chi connectivity index (χ0v) is 53.7. The van der Waals surface area contributed by atoms with E-state index in [9.17, 15) is 43.8 Å². The summed E-state index contributed by atoms with van der Waals surface area (Å²) in [6.07, 6.45) is 42.0. The van der Waals surface area contributed by atoms with Gasteiger partial charge < -0.3 is 45.6 Å². The number of carboxylic acid groups (broad SMARTS) is 5. The van der Waals surface area contributed by atoms with Gasteiger partial charge in [0.1, 0.15) is 17.2 Å². The Bertz CT molecular complexity index is 2620. The molecule has 0 saturated heterocycles. The van der Waals surface area contributed by atoms with E-state index in [2.05, 4.69) is 36.6 Å². The second-order valence-corrected chi connectivity index (χ2v) is 22.5. The van der Waals surface area contributed by atoms with E-state index in [0.29, 0.717) is 41.0 Å². The predicted molar refractivity (Wildman–Crippen MR) is 353 cm³/mol. The number of rotatable bonds is 44. The first-order valence-electron chi connectivity index (χ1n) is 31.8. The van der Waals surface area contributed by atoms with E-state index < -0.39 is 41.7 Å². The summed E-state index contributed by atoms with van der Waals surface area (Å²) < 4.78 is 10.5. The van der Waals surface area contributed by atoms with Gasteiger partial charge in [-0.25, -0.2) is 14.4 Å². The molecule has 88 heavy (non-hydrogen) atoms. The van der Waals surface area contributed by atoms with Gasteiger partial charge in [-0.05, 0) is 105 Å². The summed E-state index contributed by atoms with van der Waals surface area (Å²) in [4.78, 5) is 78.9. The minimum Gasteiger partial charge on any atom is -0.496 e. The van der Waals surface area contributed by atoms with E-state index in [1.807, 2.05) is 12.1 Å². The molecular formula is C71H102N2O14S. The molecule has 4 aromatic carbocycles. The molecule has 0 aliphatic heterocycles. The minimum absolute atomic E-state index is 0.0408. The first-order chi connectivity index (χ1) is 42.6. The number of carbonyl (C=O) groups excluding carboxylic acids is 2. The highest BCUT2D eigenvalue weighted by molar-refractivity contribution is 7.99. The van der Waals surface area contributed by atoms with E-state index >= 15 is 0 Å². The summed E-state index contributed by atoms with van der Waals surface area (Å²) >= 11 is 1.68. The van der Waals surface area contributed by atoms with E-state index in [1.165, 1.54) is 186 Å². The molecular weight excluding hydrogens is 1140 g/mol. The molecule has 17 heteroatoms. The van der Waals surface area contributed by atoms with Crippen LogP contribution in [0, 0.1) is 0 Å². The van der Waals surface area contributed by atoms with Crippen LogP contribution in [0.1, 0.15) is 253 Å². The number of allylic oxidation sites excluding steroid dienone is 2. The van der Waals surface area contributed by atoms with Crippen LogP contribution in [-0.4, -0.2) is 93.7 Å². The number of benzene rings is 4. The standard InChI is InChI=1S/C23H38O2S.C18H17NO5.C18H34O2.C12H13NO5/c1-2-3-4-5-6-7-8-9-10-11-12-13-14-17-20-26-22-19-16-15-18-21(22)23(24)25;1-23-15-9-6-10-16(24-2)13(15)11-14(18(21)22)19-17(20)12-7-4-3-5-8-12;1-2-3-4-5-6-7-8-9-10-11-12-13-14-15-16-17-18(19)20;14-10(15)6-3-7-13-11(16)8-4-1-2-5-9(8)12(17)18/h15-16,18-19H,2-14,17,20H2,1H3,(H,24,25);3-11H,1-2H3,(H,19,20)(H,21,22);11-12H,2-10,13-17H2,1H3,(H,19,20);1-2,4-5H,3,6-7H2,(H,13,16)(H,14,15)(H,17,18)/b;14-11-;12-11+;. The zero-order chi connectivity index (χ0) is 64.8. The molecule has 0 heterocycles. The summed E-state index contributed by atoms with van der Waals surface area (Å²) in [5, 5.41) is 49.3. The Morgan fingerprint density at radius 1 is 0.443 bits per heavy atom. The zero-order valence-electron chi connectivity index (χ0n) is 52.9. The van der Waals surface area contributed by atoms with Crippen molar-refractivity contribution in [2.24, 2.45) is 0 Å². The molecule has 486 valence electrons. The topological polar surface area (TPSA) is 263 Å². The van der Waals surface area contributed by atoms with Crippen molar-refractivity contribution in [2.45, 2.75) is 211 Å². The third-order valence-electron chi connectivity index (χ3n) is 14.0. The van der Waals surface area contributed by atoms with E-state index in [1.54, 1.807) is 78.5 Å². The van der Waals surface area contributed by atoms with E-state index in [-0.39, 0.29) is 29.8 Å². The number of carbonyl (C=O) groups is 7. The number of nitrogens with one attached hydrogen (secondary N) is 2. The molecule has 0 radical (unpaired) electrons. The fourth-order valence-electron chi connectivity index (χ4n) is 9.10. The van der Waals surface area contributed by atoms with Crippen LogP contribution in [0.2, 0.25) is 0 Å². The van der Waals surface area contributed by atoms with E-state index in [0.717, 1.165) is 36.3 Å². The first kappa shape index (κ1) is 78.6. The lowest BCUT2D eigenvalue weighted by molar-refractivity contribution is -0.138. The maximum absolute atomic E-state index is 12.2. The Kier molecular flexibility index (Phi) is 47.1. The molecule has 0 unspecified atom stereocenters. The van der Waals surface area contributed by atoms with Crippen molar-refractivity contribution in [1.29, 1.82) is 0 Å².